The van der Waals surface area contributed by atoms with Crippen molar-refractivity contribution in [2.75, 3.05) is 18.0 Å². The minimum atomic E-state index is 0.497. The molecule has 0 atom stereocenters. The van der Waals surface area contributed by atoms with Crippen molar-refractivity contribution >= 4 is 5.82 Å². The maximum atomic E-state index is 8.95. The number of rotatable bonds is 7. The molecule has 19 heavy (non-hydrogen) atoms. The quantitative estimate of drug-likeness (QED) is 0.746. The van der Waals surface area contributed by atoms with E-state index in [1.807, 2.05) is 12.1 Å². The van der Waals surface area contributed by atoms with Crippen molar-refractivity contribution < 1.29 is 0 Å². The summed E-state index contributed by atoms with van der Waals surface area (Å²) >= 11 is 0. The summed E-state index contributed by atoms with van der Waals surface area (Å²) in [6.45, 7) is 11.0. The van der Waals surface area contributed by atoms with Crippen LogP contribution in [0.15, 0.2) is 18.2 Å². The predicted molar refractivity (Wildman–Crippen MR) is 80.1 cm³/mol. The molecule has 0 amide bonds. The number of nitriles is 1. The van der Waals surface area contributed by atoms with Crippen molar-refractivity contribution in [2.45, 2.75) is 40.5 Å². The van der Waals surface area contributed by atoms with Gasteiger partial charge in [-0.05, 0) is 36.8 Å². The van der Waals surface area contributed by atoms with E-state index >= 15 is 0 Å². The van der Waals surface area contributed by atoms with Crippen LogP contribution in [0.4, 0.5) is 5.82 Å². The third kappa shape index (κ3) is 5.74. The summed E-state index contributed by atoms with van der Waals surface area (Å²) in [7, 11) is 0. The molecule has 0 saturated carbocycles. The molecule has 0 aromatic carbocycles. The lowest BCUT2D eigenvalue weighted by Crippen LogP contribution is -2.28. The molecule has 1 rings (SSSR count). The molecule has 104 valence electrons. The molecule has 0 N–H and O–H groups in total. The van der Waals surface area contributed by atoms with Crippen LogP contribution in [0.1, 0.15) is 46.2 Å². The maximum absolute atomic E-state index is 8.95. The SMILES string of the molecule is CC(C)CCN(CCC(C)C)c1cccc(C#N)n1. The fourth-order valence-corrected chi connectivity index (χ4v) is 1.83. The highest BCUT2D eigenvalue weighted by Gasteiger charge is 2.10. The summed E-state index contributed by atoms with van der Waals surface area (Å²) in [6.07, 6.45) is 2.30. The molecular weight excluding hydrogens is 234 g/mol. The van der Waals surface area contributed by atoms with Crippen molar-refractivity contribution in [1.29, 1.82) is 5.26 Å². The van der Waals surface area contributed by atoms with Gasteiger partial charge in [-0.3, -0.25) is 0 Å². The van der Waals surface area contributed by atoms with E-state index in [9.17, 15) is 0 Å². The number of hydrogen-bond donors (Lipinski definition) is 0. The molecule has 1 heterocycles. The Labute approximate surface area is 117 Å². The normalized spacial score (nSPS) is 10.8. The topological polar surface area (TPSA) is 39.9 Å². The van der Waals surface area contributed by atoms with Crippen LogP contribution in [0, 0.1) is 23.2 Å². The third-order valence-corrected chi connectivity index (χ3v) is 3.13. The van der Waals surface area contributed by atoms with E-state index < -0.39 is 0 Å². The monoisotopic (exact) mass is 259 g/mol. The number of nitrogens with zero attached hydrogens (tertiary/aromatic N) is 3. The van der Waals surface area contributed by atoms with E-state index in [1.54, 1.807) is 6.07 Å². The molecule has 0 bridgehead atoms. The van der Waals surface area contributed by atoms with Gasteiger partial charge in [0, 0.05) is 13.1 Å². The largest absolute Gasteiger partial charge is 0.357 e. The predicted octanol–water partition coefficient (Wildman–Crippen LogP) is 3.85. The summed E-state index contributed by atoms with van der Waals surface area (Å²) in [5.74, 6) is 2.29. The van der Waals surface area contributed by atoms with Crippen molar-refractivity contribution in [3.63, 3.8) is 0 Å². The first-order valence-electron chi connectivity index (χ1n) is 7.15. The van der Waals surface area contributed by atoms with Crippen LogP contribution in [0.5, 0.6) is 0 Å². The van der Waals surface area contributed by atoms with Crippen molar-refractivity contribution in [3.05, 3.63) is 23.9 Å². The highest BCUT2D eigenvalue weighted by atomic mass is 15.2. The molecule has 0 aliphatic carbocycles. The Morgan fingerprint density at radius 3 is 2.16 bits per heavy atom. The first kappa shape index (κ1) is 15.5. The zero-order chi connectivity index (χ0) is 14.3. The van der Waals surface area contributed by atoms with Crippen LogP contribution in [0.2, 0.25) is 0 Å². The molecule has 0 aliphatic rings. The number of anilines is 1. The van der Waals surface area contributed by atoms with Crippen molar-refractivity contribution in [2.24, 2.45) is 11.8 Å². The van der Waals surface area contributed by atoms with Crippen molar-refractivity contribution in [3.8, 4) is 6.07 Å². The zero-order valence-corrected chi connectivity index (χ0v) is 12.6. The maximum Gasteiger partial charge on any atom is 0.142 e. The summed E-state index contributed by atoms with van der Waals surface area (Å²) in [6, 6.07) is 7.79. The Morgan fingerprint density at radius 1 is 1.11 bits per heavy atom. The molecule has 3 nitrogen and oxygen atoms in total. The second-order valence-electron chi connectivity index (χ2n) is 5.84. The van der Waals surface area contributed by atoms with Crippen LogP contribution < -0.4 is 4.90 Å². The van der Waals surface area contributed by atoms with Crippen molar-refractivity contribution in [1.82, 2.24) is 4.98 Å². The number of aromatic nitrogens is 1. The van der Waals surface area contributed by atoms with Crippen LogP contribution in [0.25, 0.3) is 0 Å². The van der Waals surface area contributed by atoms with E-state index in [1.165, 1.54) is 0 Å². The van der Waals surface area contributed by atoms with E-state index in [2.05, 4.69) is 43.6 Å². The summed E-state index contributed by atoms with van der Waals surface area (Å²) in [5.41, 5.74) is 0.497. The molecule has 0 spiro atoms. The lowest BCUT2D eigenvalue weighted by Gasteiger charge is -2.25. The lowest BCUT2D eigenvalue weighted by molar-refractivity contribution is 0.533. The molecular formula is C16H25N3. The van der Waals surface area contributed by atoms with Crippen LogP contribution in [-0.2, 0) is 0 Å². The van der Waals surface area contributed by atoms with Gasteiger partial charge in [0.1, 0.15) is 17.6 Å². The van der Waals surface area contributed by atoms with Gasteiger partial charge in [-0.1, -0.05) is 33.8 Å². The molecule has 0 saturated heterocycles. The highest BCUT2D eigenvalue weighted by Crippen LogP contribution is 2.15. The highest BCUT2D eigenvalue weighted by molar-refractivity contribution is 5.41. The van der Waals surface area contributed by atoms with E-state index in [-0.39, 0.29) is 0 Å². The molecule has 0 unspecified atom stereocenters. The Hall–Kier alpha value is -1.56. The van der Waals surface area contributed by atoms with Gasteiger partial charge in [0.25, 0.3) is 0 Å². The zero-order valence-electron chi connectivity index (χ0n) is 12.6. The number of pyridine rings is 1. The Morgan fingerprint density at radius 2 is 1.68 bits per heavy atom. The fraction of sp³-hybridized carbons (Fsp3) is 0.625. The Balaban J connectivity index is 2.78. The average Bonchev–Trinajstić information content (AvgIpc) is 2.38. The van der Waals surface area contributed by atoms with Gasteiger partial charge in [0.05, 0.1) is 0 Å². The van der Waals surface area contributed by atoms with Gasteiger partial charge in [0.2, 0.25) is 0 Å². The van der Waals surface area contributed by atoms with E-state index in [4.69, 9.17) is 5.26 Å². The molecule has 1 aromatic rings. The lowest BCUT2D eigenvalue weighted by atomic mass is 10.1. The van der Waals surface area contributed by atoms with Gasteiger partial charge < -0.3 is 4.90 Å². The molecule has 0 aliphatic heterocycles. The van der Waals surface area contributed by atoms with E-state index in [0.717, 1.165) is 31.7 Å². The molecule has 3 heteroatoms. The molecule has 0 radical (unpaired) electrons. The minimum absolute atomic E-state index is 0.497. The molecule has 1 aromatic heterocycles. The fourth-order valence-electron chi connectivity index (χ4n) is 1.83. The Kier molecular flexibility index (Phi) is 6.35. The second-order valence-corrected chi connectivity index (χ2v) is 5.84. The summed E-state index contributed by atoms with van der Waals surface area (Å²) in [4.78, 5) is 6.72. The standard InChI is InChI=1S/C16H25N3/c1-13(2)8-10-19(11-9-14(3)4)16-7-5-6-15(12-17)18-16/h5-7,13-14H,8-11H2,1-4H3. The van der Waals surface area contributed by atoms with Gasteiger partial charge in [-0.2, -0.15) is 5.26 Å². The minimum Gasteiger partial charge on any atom is -0.357 e. The third-order valence-electron chi connectivity index (χ3n) is 3.13. The molecule has 0 fully saturated rings. The van der Waals surface area contributed by atoms with Gasteiger partial charge in [-0.25, -0.2) is 4.98 Å². The smallest absolute Gasteiger partial charge is 0.142 e. The second kappa shape index (κ2) is 7.78. The Bertz CT molecular complexity index is 406. The first-order valence-corrected chi connectivity index (χ1v) is 7.15. The van der Waals surface area contributed by atoms with Gasteiger partial charge >= 0.3 is 0 Å². The van der Waals surface area contributed by atoms with E-state index in [0.29, 0.717) is 17.5 Å². The van der Waals surface area contributed by atoms with Crippen LogP contribution in [0.3, 0.4) is 0 Å². The summed E-state index contributed by atoms with van der Waals surface area (Å²) < 4.78 is 0. The van der Waals surface area contributed by atoms with Crippen LogP contribution >= 0.6 is 0 Å². The number of hydrogen-bond acceptors (Lipinski definition) is 3. The average molecular weight is 259 g/mol. The van der Waals surface area contributed by atoms with Gasteiger partial charge in [0.15, 0.2) is 0 Å². The summed E-state index contributed by atoms with van der Waals surface area (Å²) in [5, 5.41) is 8.95. The van der Waals surface area contributed by atoms with Gasteiger partial charge in [-0.15, -0.1) is 0 Å². The first-order chi connectivity index (χ1) is 9.02. The van der Waals surface area contributed by atoms with Crippen LogP contribution in [-0.4, -0.2) is 18.1 Å².